The molecule has 0 N–H and O–H groups in total. The summed E-state index contributed by atoms with van der Waals surface area (Å²) in [4.78, 5) is 16.8. The molecule has 0 saturated heterocycles. The van der Waals surface area contributed by atoms with Crippen LogP contribution in [0.5, 0.6) is 23.1 Å². The van der Waals surface area contributed by atoms with Crippen LogP contribution in [0.3, 0.4) is 0 Å². The Morgan fingerprint density at radius 2 is 1.92 bits per heavy atom. The lowest BCUT2D eigenvalue weighted by atomic mass is 9.97. The first-order chi connectivity index (χ1) is 18.2. The number of nitriles is 1. The molecule has 4 aromatic rings. The topological polar surface area (TPSA) is 86.4 Å². The highest BCUT2D eigenvalue weighted by Crippen LogP contribution is 2.34. The number of aromatic nitrogens is 2. The molecule has 0 radical (unpaired) electrons. The lowest BCUT2D eigenvalue weighted by molar-refractivity contribution is 0.0173. The second kappa shape index (κ2) is 9.98. The Morgan fingerprint density at radius 3 is 2.68 bits per heavy atom. The molecule has 2 heterocycles. The van der Waals surface area contributed by atoms with Gasteiger partial charge in [0.1, 0.15) is 29.9 Å². The predicted octanol–water partition coefficient (Wildman–Crippen LogP) is 5.83. The largest absolute Gasteiger partial charge is 0.497 e. The van der Waals surface area contributed by atoms with Crippen molar-refractivity contribution in [1.82, 2.24) is 9.55 Å². The number of hydrogen-bond donors (Lipinski definition) is 0. The minimum absolute atomic E-state index is 0.0422. The monoisotopic (exact) mass is 515 g/mol. The third-order valence-corrected chi connectivity index (χ3v) is 6.30. The fourth-order valence-corrected chi connectivity index (χ4v) is 4.33. The van der Waals surface area contributed by atoms with Gasteiger partial charge in [0.2, 0.25) is 5.88 Å². The van der Waals surface area contributed by atoms with E-state index in [9.17, 15) is 18.8 Å². The van der Waals surface area contributed by atoms with Crippen LogP contribution in [0.15, 0.2) is 71.5 Å². The van der Waals surface area contributed by atoms with Crippen LogP contribution in [0.4, 0.5) is 8.78 Å². The number of ether oxygens (including phenoxy) is 3. The zero-order valence-corrected chi connectivity index (χ0v) is 20.7. The van der Waals surface area contributed by atoms with Crippen molar-refractivity contribution in [2.75, 3.05) is 7.11 Å². The van der Waals surface area contributed by atoms with E-state index in [0.29, 0.717) is 24.2 Å². The Kier molecular flexibility index (Phi) is 6.55. The van der Waals surface area contributed by atoms with Crippen molar-refractivity contribution in [3.05, 3.63) is 99.5 Å². The normalized spacial score (nSPS) is 12.2. The van der Waals surface area contributed by atoms with Crippen LogP contribution in [-0.2, 0) is 25.5 Å². The third-order valence-electron chi connectivity index (χ3n) is 6.30. The Balaban J connectivity index is 1.39. The molecule has 0 aliphatic carbocycles. The van der Waals surface area contributed by atoms with E-state index in [-0.39, 0.29) is 35.1 Å². The van der Waals surface area contributed by atoms with Gasteiger partial charge in [0.25, 0.3) is 5.92 Å². The van der Waals surface area contributed by atoms with Crippen LogP contribution >= 0.6 is 0 Å². The average molecular weight is 516 g/mol. The highest BCUT2D eigenvalue weighted by atomic mass is 19.3. The maximum absolute atomic E-state index is 13.7. The number of methoxy groups -OCH3 is 1. The molecule has 1 aromatic heterocycles. The van der Waals surface area contributed by atoms with E-state index in [2.05, 4.69) is 4.98 Å². The van der Waals surface area contributed by atoms with Crippen molar-refractivity contribution in [3.8, 4) is 40.5 Å². The lowest BCUT2D eigenvalue weighted by Gasteiger charge is -2.22. The third kappa shape index (κ3) is 5.06. The van der Waals surface area contributed by atoms with E-state index in [1.165, 1.54) is 24.3 Å². The molecule has 1 aliphatic rings. The van der Waals surface area contributed by atoms with Crippen LogP contribution in [0.25, 0.3) is 11.3 Å². The van der Waals surface area contributed by atoms with Gasteiger partial charge in [0.05, 0.1) is 18.4 Å². The summed E-state index contributed by atoms with van der Waals surface area (Å²) in [6, 6.07) is 19.9. The number of benzene rings is 3. The molecule has 38 heavy (non-hydrogen) atoms. The SMILES string of the molecule is COc1ccc2c(c1)CCn1c-2cc(OCc2ccc(C#N)c(Oc3cccc(C(C)(F)F)c3)c2)nc1=O. The number of alkyl halides is 2. The van der Waals surface area contributed by atoms with Crippen LogP contribution in [-0.4, -0.2) is 16.7 Å². The van der Waals surface area contributed by atoms with Gasteiger partial charge < -0.3 is 14.2 Å². The number of halogens is 2. The number of aryl methyl sites for hydroxylation is 1. The van der Waals surface area contributed by atoms with Crippen LogP contribution in [0.1, 0.15) is 29.2 Å². The Morgan fingerprint density at radius 1 is 1.08 bits per heavy atom. The highest BCUT2D eigenvalue weighted by molar-refractivity contribution is 5.67. The maximum Gasteiger partial charge on any atom is 0.351 e. The summed E-state index contributed by atoms with van der Waals surface area (Å²) in [5, 5.41) is 9.50. The van der Waals surface area contributed by atoms with Crippen molar-refractivity contribution in [2.24, 2.45) is 0 Å². The molecule has 192 valence electrons. The first kappa shape index (κ1) is 25.0. The zero-order valence-electron chi connectivity index (χ0n) is 20.7. The second-order valence-electron chi connectivity index (χ2n) is 8.94. The van der Waals surface area contributed by atoms with Gasteiger partial charge in [0.15, 0.2) is 0 Å². The summed E-state index contributed by atoms with van der Waals surface area (Å²) in [5.41, 5.74) is 2.96. The van der Waals surface area contributed by atoms with Crippen LogP contribution in [0.2, 0.25) is 0 Å². The molecule has 0 atom stereocenters. The molecule has 0 bridgehead atoms. The summed E-state index contributed by atoms with van der Waals surface area (Å²) in [7, 11) is 1.61. The van der Waals surface area contributed by atoms with E-state index in [1.807, 2.05) is 24.3 Å². The number of nitrogens with zero attached hydrogens (tertiary/aromatic N) is 3. The van der Waals surface area contributed by atoms with Gasteiger partial charge in [0, 0.05) is 30.7 Å². The van der Waals surface area contributed by atoms with Crippen LogP contribution in [0, 0.1) is 11.3 Å². The summed E-state index contributed by atoms with van der Waals surface area (Å²) in [5.74, 6) is -1.74. The van der Waals surface area contributed by atoms with Gasteiger partial charge in [-0.1, -0.05) is 18.2 Å². The molecule has 0 fully saturated rings. The molecular weight excluding hydrogens is 492 g/mol. The van der Waals surface area contributed by atoms with Crippen molar-refractivity contribution >= 4 is 0 Å². The van der Waals surface area contributed by atoms with Gasteiger partial charge in [-0.3, -0.25) is 4.57 Å². The summed E-state index contributed by atoms with van der Waals surface area (Å²) in [6.07, 6.45) is 0.689. The zero-order chi connectivity index (χ0) is 26.9. The molecule has 0 spiro atoms. The molecule has 9 heteroatoms. The number of fused-ring (bicyclic) bond motifs is 3. The van der Waals surface area contributed by atoms with Gasteiger partial charge >= 0.3 is 5.69 Å². The van der Waals surface area contributed by atoms with Crippen molar-refractivity contribution in [2.45, 2.75) is 32.4 Å². The highest BCUT2D eigenvalue weighted by Gasteiger charge is 2.25. The average Bonchev–Trinajstić information content (AvgIpc) is 2.91. The second-order valence-corrected chi connectivity index (χ2v) is 8.94. The predicted molar refractivity (Wildman–Crippen MR) is 136 cm³/mol. The minimum Gasteiger partial charge on any atom is -0.497 e. The quantitative estimate of drug-likeness (QED) is 0.308. The van der Waals surface area contributed by atoms with Gasteiger partial charge in [-0.25, -0.2) is 13.6 Å². The molecule has 0 saturated carbocycles. The molecule has 3 aromatic carbocycles. The smallest absolute Gasteiger partial charge is 0.351 e. The van der Waals surface area contributed by atoms with Crippen molar-refractivity contribution in [3.63, 3.8) is 0 Å². The van der Waals surface area contributed by atoms with Gasteiger partial charge in [-0.2, -0.15) is 10.2 Å². The number of rotatable bonds is 7. The number of hydrogen-bond acceptors (Lipinski definition) is 6. The molecule has 7 nitrogen and oxygen atoms in total. The van der Waals surface area contributed by atoms with E-state index in [0.717, 1.165) is 23.8 Å². The van der Waals surface area contributed by atoms with E-state index in [4.69, 9.17) is 14.2 Å². The summed E-state index contributed by atoms with van der Waals surface area (Å²) < 4.78 is 46.0. The van der Waals surface area contributed by atoms with Crippen LogP contribution < -0.4 is 19.9 Å². The van der Waals surface area contributed by atoms with Crippen molar-refractivity contribution < 1.29 is 23.0 Å². The van der Waals surface area contributed by atoms with E-state index in [1.54, 1.807) is 35.9 Å². The van der Waals surface area contributed by atoms with Gasteiger partial charge in [-0.05, 0) is 60.0 Å². The molecule has 1 aliphatic heterocycles. The Labute approximate surface area is 217 Å². The first-order valence-electron chi connectivity index (χ1n) is 11.9. The Hall–Kier alpha value is -4.71. The van der Waals surface area contributed by atoms with Crippen molar-refractivity contribution in [1.29, 1.82) is 5.26 Å². The van der Waals surface area contributed by atoms with E-state index < -0.39 is 11.6 Å². The summed E-state index contributed by atoms with van der Waals surface area (Å²) >= 11 is 0. The molecule has 5 rings (SSSR count). The molecule has 0 unspecified atom stereocenters. The molecule has 0 amide bonds. The van der Waals surface area contributed by atoms with Gasteiger partial charge in [-0.15, -0.1) is 0 Å². The minimum atomic E-state index is -3.03. The maximum atomic E-state index is 13.7. The fourth-order valence-electron chi connectivity index (χ4n) is 4.33. The standard InChI is InChI=1S/C29H23F2N3O4/c1-29(30,31)21-4-3-5-23(14-21)38-26-12-18(6-7-20(26)16-32)17-37-27-15-25-24-9-8-22(36-2)13-19(24)10-11-34(25)28(35)33-27/h3-9,12-15H,10-11,17H2,1-2H3. The fraction of sp³-hybridized carbons (Fsp3) is 0.207. The summed E-state index contributed by atoms with van der Waals surface area (Å²) in [6.45, 7) is 1.35. The molecular formula is C29H23F2N3O4. The Bertz CT molecular complexity index is 1620. The lowest BCUT2D eigenvalue weighted by Crippen LogP contribution is -2.28. The first-order valence-corrected chi connectivity index (χ1v) is 11.9. The van der Waals surface area contributed by atoms with E-state index >= 15 is 0 Å².